The van der Waals surface area contributed by atoms with E-state index < -0.39 is 6.03 Å². The zero-order valence-corrected chi connectivity index (χ0v) is 25.8. The number of halogens is 1. The largest absolute Gasteiger partial charge is 0.382 e. The highest BCUT2D eigenvalue weighted by Crippen LogP contribution is 2.34. The fraction of sp³-hybridized carbons (Fsp3) is 0.355. The number of amides is 4. The first kappa shape index (κ1) is 28.8. The second-order valence-corrected chi connectivity index (χ2v) is 11.9. The molecule has 4 aromatic rings. The summed E-state index contributed by atoms with van der Waals surface area (Å²) in [5.41, 5.74) is 4.63. The minimum absolute atomic E-state index is 0.111. The molecule has 0 unspecified atom stereocenters. The van der Waals surface area contributed by atoms with E-state index in [9.17, 15) is 14.4 Å². The van der Waals surface area contributed by atoms with Gasteiger partial charge in [0, 0.05) is 68.1 Å². The van der Waals surface area contributed by atoms with Gasteiger partial charge in [0.2, 0.25) is 17.8 Å². The molecule has 13 nitrogen and oxygen atoms in total. The Morgan fingerprint density at radius 1 is 1.04 bits per heavy atom. The standard InChI is InChI=1S/C31H33ClN10O3/c1-3-41-24-7-5-20(14-18(24)15-27(41)44)35-28-23(32)17-33-30(37-28)40-11-8-19(9-12-40)34-21-4-6-22-25(16-21)39(2)38-29(22)42-13-10-26(43)36-31(42)45/h4-7,14,16-17,19,34H,3,8-13,15H2,1-2H3,(H,33,35,37)(H,36,43,45). The van der Waals surface area contributed by atoms with Crippen molar-refractivity contribution >= 4 is 75.0 Å². The van der Waals surface area contributed by atoms with Gasteiger partial charge in [0.15, 0.2) is 11.6 Å². The number of aryl methyl sites for hydroxylation is 1. The van der Waals surface area contributed by atoms with Gasteiger partial charge >= 0.3 is 6.03 Å². The molecule has 2 aromatic heterocycles. The topological polar surface area (TPSA) is 141 Å². The molecule has 5 heterocycles. The van der Waals surface area contributed by atoms with Gasteiger partial charge < -0.3 is 20.4 Å². The van der Waals surface area contributed by atoms with Crippen LogP contribution >= 0.6 is 11.6 Å². The average Bonchev–Trinajstić information content (AvgIpc) is 3.53. The zero-order valence-electron chi connectivity index (χ0n) is 25.0. The summed E-state index contributed by atoms with van der Waals surface area (Å²) in [5.74, 6) is 1.52. The quantitative estimate of drug-likeness (QED) is 0.275. The summed E-state index contributed by atoms with van der Waals surface area (Å²) < 4.78 is 1.76. The molecule has 0 saturated carbocycles. The molecule has 0 bridgehead atoms. The minimum Gasteiger partial charge on any atom is -0.382 e. The summed E-state index contributed by atoms with van der Waals surface area (Å²) in [6.45, 7) is 4.47. The van der Waals surface area contributed by atoms with Crippen molar-refractivity contribution in [1.29, 1.82) is 0 Å². The van der Waals surface area contributed by atoms with Crippen LogP contribution in [0.15, 0.2) is 42.6 Å². The highest BCUT2D eigenvalue weighted by molar-refractivity contribution is 6.33. The molecular weight excluding hydrogens is 596 g/mol. The van der Waals surface area contributed by atoms with Crippen LogP contribution in [0.5, 0.6) is 0 Å². The number of nitrogens with one attached hydrogen (secondary N) is 3. The number of carbonyl (C=O) groups is 3. The number of hydrogen-bond donors (Lipinski definition) is 3. The lowest BCUT2D eigenvalue weighted by Gasteiger charge is -2.33. The summed E-state index contributed by atoms with van der Waals surface area (Å²) in [6.07, 6.45) is 4.03. The Bertz CT molecular complexity index is 1830. The number of carbonyl (C=O) groups excluding carboxylic acids is 3. The first-order valence-electron chi connectivity index (χ1n) is 15.1. The molecule has 7 rings (SSSR count). The van der Waals surface area contributed by atoms with Crippen LogP contribution in [-0.4, -0.2) is 69.8 Å². The van der Waals surface area contributed by atoms with Crippen LogP contribution in [0.3, 0.4) is 0 Å². The third-order valence-corrected chi connectivity index (χ3v) is 8.89. The summed E-state index contributed by atoms with van der Waals surface area (Å²) in [4.78, 5) is 51.0. The van der Waals surface area contributed by atoms with Gasteiger partial charge in [-0.05, 0) is 61.7 Å². The van der Waals surface area contributed by atoms with Gasteiger partial charge in [-0.2, -0.15) is 10.1 Å². The number of benzene rings is 2. The van der Waals surface area contributed by atoms with Gasteiger partial charge in [-0.15, -0.1) is 0 Å². The van der Waals surface area contributed by atoms with Crippen molar-refractivity contribution in [2.75, 3.05) is 51.5 Å². The van der Waals surface area contributed by atoms with Crippen LogP contribution in [0, 0.1) is 0 Å². The minimum atomic E-state index is -0.447. The Morgan fingerprint density at radius 3 is 2.62 bits per heavy atom. The van der Waals surface area contributed by atoms with E-state index in [0.29, 0.717) is 42.1 Å². The lowest BCUT2D eigenvalue weighted by atomic mass is 10.0. The van der Waals surface area contributed by atoms with Crippen molar-refractivity contribution in [3.8, 4) is 0 Å². The first-order chi connectivity index (χ1) is 21.8. The Kier molecular flexibility index (Phi) is 7.40. The van der Waals surface area contributed by atoms with Crippen molar-refractivity contribution in [2.24, 2.45) is 7.05 Å². The molecule has 0 radical (unpaired) electrons. The van der Waals surface area contributed by atoms with Gasteiger partial charge in [0.25, 0.3) is 0 Å². The third-order valence-electron chi connectivity index (χ3n) is 8.61. The van der Waals surface area contributed by atoms with Crippen LogP contribution in [0.4, 0.5) is 39.4 Å². The molecule has 2 aromatic carbocycles. The van der Waals surface area contributed by atoms with Crippen molar-refractivity contribution in [3.63, 3.8) is 0 Å². The smallest absolute Gasteiger partial charge is 0.329 e. The normalized spacial score (nSPS) is 17.2. The SMILES string of the molecule is CCN1C(=O)Cc2cc(Nc3nc(N4CCC(Nc5ccc6c(N7CCC(=O)NC7=O)nn(C)c6c5)CC4)ncc3Cl)ccc21. The molecule has 3 aliphatic rings. The molecule has 2 saturated heterocycles. The van der Waals surface area contributed by atoms with E-state index in [4.69, 9.17) is 16.6 Å². The van der Waals surface area contributed by atoms with Gasteiger partial charge in [-0.3, -0.25) is 24.5 Å². The number of urea groups is 1. The van der Waals surface area contributed by atoms with Crippen LogP contribution in [0.2, 0.25) is 5.02 Å². The lowest BCUT2D eigenvalue weighted by Crippen LogP contribution is -2.49. The molecule has 3 aliphatic heterocycles. The molecule has 0 atom stereocenters. The monoisotopic (exact) mass is 628 g/mol. The number of fused-ring (bicyclic) bond motifs is 2. The number of nitrogens with zero attached hydrogens (tertiary/aromatic N) is 7. The molecule has 4 amide bonds. The van der Waals surface area contributed by atoms with Crippen LogP contribution in [0.25, 0.3) is 10.9 Å². The maximum absolute atomic E-state index is 12.4. The maximum Gasteiger partial charge on any atom is 0.329 e. The maximum atomic E-state index is 12.4. The van der Waals surface area contributed by atoms with E-state index in [2.05, 4.69) is 30.9 Å². The Balaban J connectivity index is 0.996. The second-order valence-electron chi connectivity index (χ2n) is 11.5. The van der Waals surface area contributed by atoms with Gasteiger partial charge in [-0.1, -0.05) is 11.6 Å². The second kappa shape index (κ2) is 11.5. The number of likely N-dealkylation sites (N-methyl/N-ethyl adjacent to an activating group) is 1. The van der Waals surface area contributed by atoms with Crippen molar-refractivity contribution in [2.45, 2.75) is 38.6 Å². The molecule has 2 fully saturated rings. The molecule has 0 spiro atoms. The number of rotatable bonds is 7. The Hall–Kier alpha value is -4.91. The number of anilines is 6. The number of imide groups is 1. The lowest BCUT2D eigenvalue weighted by molar-refractivity contribution is -0.120. The van der Waals surface area contributed by atoms with E-state index in [-0.39, 0.29) is 24.3 Å². The number of hydrogen-bond acceptors (Lipinski definition) is 9. The highest BCUT2D eigenvalue weighted by atomic mass is 35.5. The molecule has 0 aliphatic carbocycles. The number of aromatic nitrogens is 4. The van der Waals surface area contributed by atoms with Crippen LogP contribution < -0.4 is 30.7 Å². The van der Waals surface area contributed by atoms with Crippen molar-refractivity contribution < 1.29 is 14.4 Å². The summed E-state index contributed by atoms with van der Waals surface area (Å²) in [7, 11) is 1.85. The van der Waals surface area contributed by atoms with E-state index in [1.165, 1.54) is 4.90 Å². The molecule has 45 heavy (non-hydrogen) atoms. The molecule has 3 N–H and O–H groups in total. The fourth-order valence-electron chi connectivity index (χ4n) is 6.30. The highest BCUT2D eigenvalue weighted by Gasteiger charge is 2.29. The molecular formula is C31H33ClN10O3. The molecule has 14 heteroatoms. The first-order valence-corrected chi connectivity index (χ1v) is 15.5. The Labute approximate surface area is 264 Å². The zero-order chi connectivity index (χ0) is 31.2. The van der Waals surface area contributed by atoms with E-state index >= 15 is 0 Å². The van der Waals surface area contributed by atoms with Crippen molar-refractivity contribution in [3.05, 3.63) is 53.2 Å². The van der Waals surface area contributed by atoms with Crippen LogP contribution in [-0.2, 0) is 23.1 Å². The van der Waals surface area contributed by atoms with Crippen LogP contribution in [0.1, 0.15) is 31.7 Å². The van der Waals surface area contributed by atoms with Gasteiger partial charge in [0.1, 0.15) is 5.02 Å². The van der Waals surface area contributed by atoms with E-state index in [0.717, 1.165) is 59.5 Å². The predicted molar refractivity (Wildman–Crippen MR) is 174 cm³/mol. The average molecular weight is 629 g/mol. The van der Waals surface area contributed by atoms with Gasteiger partial charge in [-0.25, -0.2) is 9.78 Å². The predicted octanol–water partition coefficient (Wildman–Crippen LogP) is 4.20. The van der Waals surface area contributed by atoms with E-state index in [1.807, 2.05) is 50.4 Å². The summed E-state index contributed by atoms with van der Waals surface area (Å²) in [6, 6.07) is 11.7. The fourth-order valence-corrected chi connectivity index (χ4v) is 6.43. The molecule has 232 valence electrons. The number of piperidine rings is 1. The van der Waals surface area contributed by atoms with E-state index in [1.54, 1.807) is 15.8 Å². The summed E-state index contributed by atoms with van der Waals surface area (Å²) in [5, 5.41) is 15.2. The summed E-state index contributed by atoms with van der Waals surface area (Å²) >= 11 is 6.48. The third kappa shape index (κ3) is 5.48. The van der Waals surface area contributed by atoms with Crippen molar-refractivity contribution in [1.82, 2.24) is 25.1 Å². The van der Waals surface area contributed by atoms with Gasteiger partial charge in [0.05, 0.1) is 18.1 Å². The Morgan fingerprint density at radius 2 is 1.84 bits per heavy atom.